The molecule has 4 aromatic rings. The monoisotopic (exact) mass is 469 g/mol. The van der Waals surface area contributed by atoms with Crippen molar-refractivity contribution in [3.8, 4) is 22.5 Å². The molecule has 0 aliphatic heterocycles. The molecule has 3 aromatic carbocycles. The molecule has 0 aliphatic rings. The van der Waals surface area contributed by atoms with Gasteiger partial charge in [0.1, 0.15) is 11.4 Å². The standard InChI is InChI=1S/C26H23N5O2S/c1-3-4-19-27-31(34(32,33)23-17-15-20(2)16-18-23)26-28-24(21-11-7-5-8-12-21)25(29-30-26)22-13-9-6-10-14-22/h3-19H,1-2H3/b4-3-,27-19+. The fourth-order valence-corrected chi connectivity index (χ4v) is 4.35. The van der Waals surface area contributed by atoms with Crippen LogP contribution in [0, 0.1) is 6.92 Å². The van der Waals surface area contributed by atoms with Crippen molar-refractivity contribution < 1.29 is 8.42 Å². The lowest BCUT2D eigenvalue weighted by molar-refractivity contribution is 0.590. The number of benzene rings is 3. The molecule has 0 atom stereocenters. The first kappa shape index (κ1) is 23.0. The SMILES string of the molecule is C/C=C\C=N\N(c1nnc(-c2ccccc2)c(-c2ccccc2)n1)S(=O)(=O)c1ccc(C)cc1. The van der Waals surface area contributed by atoms with E-state index in [-0.39, 0.29) is 10.8 Å². The van der Waals surface area contributed by atoms with Crippen molar-refractivity contribution in [1.82, 2.24) is 15.2 Å². The van der Waals surface area contributed by atoms with Gasteiger partial charge in [0.25, 0.3) is 16.0 Å². The van der Waals surface area contributed by atoms with Crippen molar-refractivity contribution in [2.24, 2.45) is 5.10 Å². The van der Waals surface area contributed by atoms with Crippen LogP contribution < -0.4 is 4.41 Å². The summed E-state index contributed by atoms with van der Waals surface area (Å²) in [5.74, 6) is -0.153. The Morgan fingerprint density at radius 1 is 0.794 bits per heavy atom. The van der Waals surface area contributed by atoms with E-state index in [1.807, 2.05) is 74.5 Å². The highest BCUT2D eigenvalue weighted by Gasteiger charge is 2.28. The predicted octanol–water partition coefficient (Wildman–Crippen LogP) is 5.27. The van der Waals surface area contributed by atoms with E-state index in [2.05, 4.69) is 20.3 Å². The maximum absolute atomic E-state index is 13.5. The third-order valence-electron chi connectivity index (χ3n) is 4.94. The lowest BCUT2D eigenvalue weighted by atomic mass is 10.0. The Balaban J connectivity index is 1.90. The lowest BCUT2D eigenvalue weighted by Crippen LogP contribution is -2.28. The molecule has 0 amide bonds. The molecule has 0 saturated carbocycles. The highest BCUT2D eigenvalue weighted by molar-refractivity contribution is 7.92. The number of sulfonamides is 1. The van der Waals surface area contributed by atoms with Crippen molar-refractivity contribution in [2.45, 2.75) is 18.7 Å². The van der Waals surface area contributed by atoms with Crippen LogP contribution in [0.1, 0.15) is 12.5 Å². The summed E-state index contributed by atoms with van der Waals surface area (Å²) in [7, 11) is -4.09. The first-order valence-corrected chi connectivity index (χ1v) is 12.1. The fraction of sp³-hybridized carbons (Fsp3) is 0.0769. The van der Waals surface area contributed by atoms with Crippen molar-refractivity contribution in [3.05, 3.63) is 103 Å². The van der Waals surface area contributed by atoms with Crippen molar-refractivity contribution in [2.75, 3.05) is 4.41 Å². The molecule has 0 spiro atoms. The Morgan fingerprint density at radius 2 is 1.38 bits per heavy atom. The Bertz CT molecular complexity index is 1420. The third kappa shape index (κ3) is 4.92. The number of anilines is 1. The van der Waals surface area contributed by atoms with Crippen LogP contribution in [0.2, 0.25) is 0 Å². The topological polar surface area (TPSA) is 88.4 Å². The summed E-state index contributed by atoms with van der Waals surface area (Å²) >= 11 is 0. The van der Waals surface area contributed by atoms with Gasteiger partial charge in [-0.15, -0.1) is 14.6 Å². The molecule has 0 aliphatic carbocycles. The summed E-state index contributed by atoms with van der Waals surface area (Å²) < 4.78 is 27.9. The van der Waals surface area contributed by atoms with Gasteiger partial charge in [-0.1, -0.05) is 84.4 Å². The molecule has 0 radical (unpaired) electrons. The molecule has 34 heavy (non-hydrogen) atoms. The average Bonchev–Trinajstić information content (AvgIpc) is 2.87. The van der Waals surface area contributed by atoms with Crippen LogP contribution in [0.5, 0.6) is 0 Å². The Morgan fingerprint density at radius 3 is 1.97 bits per heavy atom. The maximum Gasteiger partial charge on any atom is 0.286 e. The minimum Gasteiger partial charge on any atom is -0.207 e. The summed E-state index contributed by atoms with van der Waals surface area (Å²) in [5, 5.41) is 12.7. The lowest BCUT2D eigenvalue weighted by Gasteiger charge is -2.18. The van der Waals surface area contributed by atoms with Gasteiger partial charge in [0.15, 0.2) is 0 Å². The van der Waals surface area contributed by atoms with Crippen LogP contribution in [0.3, 0.4) is 0 Å². The van der Waals surface area contributed by atoms with E-state index in [9.17, 15) is 8.42 Å². The largest absolute Gasteiger partial charge is 0.286 e. The third-order valence-corrected chi connectivity index (χ3v) is 6.52. The van der Waals surface area contributed by atoms with Gasteiger partial charge in [-0.3, -0.25) is 0 Å². The minimum absolute atomic E-state index is 0.0766. The molecule has 1 aromatic heterocycles. The number of rotatable bonds is 7. The van der Waals surface area contributed by atoms with E-state index in [4.69, 9.17) is 0 Å². The number of aromatic nitrogens is 3. The van der Waals surface area contributed by atoms with E-state index in [0.717, 1.165) is 21.1 Å². The maximum atomic E-state index is 13.5. The Labute approximate surface area is 199 Å². The van der Waals surface area contributed by atoms with Gasteiger partial charge >= 0.3 is 0 Å². The van der Waals surface area contributed by atoms with Crippen LogP contribution in [0.25, 0.3) is 22.5 Å². The second-order valence-corrected chi connectivity index (χ2v) is 9.16. The molecule has 7 nitrogen and oxygen atoms in total. The molecule has 1 heterocycles. The first-order valence-electron chi connectivity index (χ1n) is 10.6. The number of hydrogen-bond donors (Lipinski definition) is 0. The smallest absolute Gasteiger partial charge is 0.207 e. The first-order chi connectivity index (χ1) is 16.5. The van der Waals surface area contributed by atoms with Gasteiger partial charge in [0, 0.05) is 17.3 Å². The number of allylic oxidation sites excluding steroid dienone is 2. The minimum atomic E-state index is -4.09. The molecule has 170 valence electrons. The molecular weight excluding hydrogens is 446 g/mol. The summed E-state index contributed by atoms with van der Waals surface area (Å²) in [6, 6.07) is 25.5. The highest BCUT2D eigenvalue weighted by Crippen LogP contribution is 2.30. The van der Waals surface area contributed by atoms with Crippen molar-refractivity contribution >= 4 is 22.2 Å². The van der Waals surface area contributed by atoms with Gasteiger partial charge in [-0.2, -0.15) is 13.5 Å². The van der Waals surface area contributed by atoms with Crippen LogP contribution >= 0.6 is 0 Å². The molecule has 0 unspecified atom stereocenters. The average molecular weight is 470 g/mol. The van der Waals surface area contributed by atoms with Gasteiger partial charge < -0.3 is 0 Å². The normalized spacial score (nSPS) is 11.8. The fourth-order valence-electron chi connectivity index (χ4n) is 3.20. The second kappa shape index (κ2) is 10.2. The summed E-state index contributed by atoms with van der Waals surface area (Å²) in [4.78, 5) is 4.72. The molecule has 4 rings (SSSR count). The van der Waals surface area contributed by atoms with Crippen molar-refractivity contribution in [3.63, 3.8) is 0 Å². The Kier molecular flexibility index (Phi) is 6.89. The van der Waals surface area contributed by atoms with E-state index >= 15 is 0 Å². The van der Waals surface area contributed by atoms with E-state index in [0.29, 0.717) is 11.4 Å². The van der Waals surface area contributed by atoms with Gasteiger partial charge in [0.2, 0.25) is 0 Å². The van der Waals surface area contributed by atoms with Gasteiger partial charge in [0.05, 0.1) is 4.90 Å². The number of hydrazone groups is 1. The predicted molar refractivity (Wildman–Crippen MR) is 135 cm³/mol. The van der Waals surface area contributed by atoms with Crippen LogP contribution in [-0.2, 0) is 10.0 Å². The van der Waals surface area contributed by atoms with E-state index in [1.165, 1.54) is 18.3 Å². The zero-order chi connectivity index (χ0) is 24.0. The summed E-state index contributed by atoms with van der Waals surface area (Å²) in [6.07, 6.45) is 4.75. The second-order valence-electron chi connectivity index (χ2n) is 7.39. The number of nitrogens with zero attached hydrogens (tertiary/aromatic N) is 5. The van der Waals surface area contributed by atoms with Crippen LogP contribution in [0.4, 0.5) is 5.95 Å². The van der Waals surface area contributed by atoms with Crippen LogP contribution in [-0.4, -0.2) is 29.8 Å². The Hall–Kier alpha value is -4.17. The summed E-state index contributed by atoms with van der Waals surface area (Å²) in [6.45, 7) is 3.70. The number of aryl methyl sites for hydroxylation is 1. The van der Waals surface area contributed by atoms with Gasteiger partial charge in [-0.25, -0.2) is 4.98 Å². The molecule has 0 N–H and O–H groups in total. The van der Waals surface area contributed by atoms with Gasteiger partial charge in [-0.05, 0) is 32.1 Å². The van der Waals surface area contributed by atoms with E-state index in [1.54, 1.807) is 24.3 Å². The zero-order valence-electron chi connectivity index (χ0n) is 18.8. The molecule has 8 heteroatoms. The zero-order valence-corrected chi connectivity index (χ0v) is 19.6. The highest BCUT2D eigenvalue weighted by atomic mass is 32.2. The summed E-state index contributed by atoms with van der Waals surface area (Å²) in [5.41, 5.74) is 3.59. The quantitative estimate of drug-likeness (QED) is 0.272. The molecule has 0 bridgehead atoms. The van der Waals surface area contributed by atoms with Crippen LogP contribution in [0.15, 0.2) is 107 Å². The van der Waals surface area contributed by atoms with E-state index < -0.39 is 10.0 Å². The number of hydrogen-bond acceptors (Lipinski definition) is 6. The van der Waals surface area contributed by atoms with Crippen molar-refractivity contribution in [1.29, 1.82) is 0 Å². The molecular formula is C26H23N5O2S. The molecule has 0 fully saturated rings. The molecule has 0 saturated heterocycles.